The molecule has 1 aliphatic rings. The monoisotopic (exact) mass is 289 g/mol. The lowest BCUT2D eigenvalue weighted by Crippen LogP contribution is -2.38. The van der Waals surface area contributed by atoms with Crippen LogP contribution in [-0.2, 0) is 16.0 Å². The molecule has 0 spiro atoms. The molecule has 1 aromatic rings. The minimum atomic E-state index is -0.435. The number of rotatable bonds is 4. The van der Waals surface area contributed by atoms with Gasteiger partial charge < -0.3 is 10.2 Å². The van der Waals surface area contributed by atoms with Crippen LogP contribution in [0.2, 0.25) is 0 Å². The number of hydrogen-bond donors (Lipinski definition) is 1. The number of carbonyl (C=O) groups is 3. The summed E-state index contributed by atoms with van der Waals surface area (Å²) in [7, 11) is 1.54. The van der Waals surface area contributed by atoms with Gasteiger partial charge in [-0.25, -0.2) is 4.79 Å². The molecule has 0 aromatic heterocycles. The van der Waals surface area contributed by atoms with Crippen LogP contribution in [0.25, 0.3) is 0 Å². The first-order chi connectivity index (χ1) is 9.93. The Bertz CT molecular complexity index is 598. The van der Waals surface area contributed by atoms with Gasteiger partial charge in [-0.05, 0) is 24.5 Å². The fourth-order valence-corrected chi connectivity index (χ4v) is 2.35. The van der Waals surface area contributed by atoms with Gasteiger partial charge in [0, 0.05) is 12.7 Å². The van der Waals surface area contributed by atoms with Crippen molar-refractivity contribution in [2.45, 2.75) is 20.3 Å². The molecular formula is C15H19N3O3. The molecule has 0 unspecified atom stereocenters. The number of anilines is 1. The van der Waals surface area contributed by atoms with E-state index in [1.165, 1.54) is 11.9 Å². The third kappa shape index (κ3) is 3.04. The summed E-state index contributed by atoms with van der Waals surface area (Å²) in [4.78, 5) is 37.8. The molecule has 112 valence electrons. The van der Waals surface area contributed by atoms with Crippen LogP contribution in [0, 0.1) is 6.92 Å². The lowest BCUT2D eigenvalue weighted by atomic mass is 10.1. The maximum Gasteiger partial charge on any atom is 0.327 e. The van der Waals surface area contributed by atoms with Crippen LogP contribution in [-0.4, -0.2) is 47.8 Å². The van der Waals surface area contributed by atoms with Gasteiger partial charge in [-0.2, -0.15) is 0 Å². The van der Waals surface area contributed by atoms with Crippen molar-refractivity contribution in [2.24, 2.45) is 0 Å². The number of amides is 4. The van der Waals surface area contributed by atoms with Gasteiger partial charge in [-0.1, -0.05) is 25.1 Å². The van der Waals surface area contributed by atoms with Crippen molar-refractivity contribution in [1.82, 2.24) is 9.80 Å². The summed E-state index contributed by atoms with van der Waals surface area (Å²) >= 11 is 0. The molecule has 1 aromatic carbocycles. The van der Waals surface area contributed by atoms with Crippen molar-refractivity contribution >= 4 is 23.5 Å². The SMILES string of the molecule is CCc1cccc(C)c1NC(=O)CN1C(=O)CN(C)C1=O. The van der Waals surface area contributed by atoms with Crippen molar-refractivity contribution in [2.75, 3.05) is 25.5 Å². The van der Waals surface area contributed by atoms with Crippen molar-refractivity contribution in [1.29, 1.82) is 0 Å². The van der Waals surface area contributed by atoms with Crippen LogP contribution in [0.3, 0.4) is 0 Å². The van der Waals surface area contributed by atoms with E-state index in [1.54, 1.807) is 0 Å². The molecule has 2 rings (SSSR count). The number of benzene rings is 1. The van der Waals surface area contributed by atoms with Gasteiger partial charge in [0.05, 0.1) is 0 Å². The molecule has 0 radical (unpaired) electrons. The maximum absolute atomic E-state index is 12.1. The molecule has 0 atom stereocenters. The number of carbonyl (C=O) groups excluding carboxylic acids is 3. The van der Waals surface area contributed by atoms with E-state index in [2.05, 4.69) is 5.32 Å². The van der Waals surface area contributed by atoms with Gasteiger partial charge in [0.2, 0.25) is 5.91 Å². The Morgan fingerprint density at radius 2 is 2.05 bits per heavy atom. The molecule has 1 fully saturated rings. The van der Waals surface area contributed by atoms with E-state index in [4.69, 9.17) is 0 Å². The first-order valence-electron chi connectivity index (χ1n) is 6.87. The van der Waals surface area contributed by atoms with E-state index < -0.39 is 6.03 Å². The second kappa shape index (κ2) is 5.95. The molecule has 1 aliphatic heterocycles. The standard InChI is InChI=1S/C15H19N3O3/c1-4-11-7-5-6-10(2)14(11)16-12(19)8-18-13(20)9-17(3)15(18)21/h5-7H,4,8-9H2,1-3H3,(H,16,19). The number of imide groups is 1. The molecule has 6 nitrogen and oxygen atoms in total. The van der Waals surface area contributed by atoms with Crippen LogP contribution in [0.15, 0.2) is 18.2 Å². The van der Waals surface area contributed by atoms with Crippen molar-refractivity contribution in [3.05, 3.63) is 29.3 Å². The highest BCUT2D eigenvalue weighted by Crippen LogP contribution is 2.21. The number of nitrogens with zero attached hydrogens (tertiary/aromatic N) is 2. The minimum absolute atomic E-state index is 0.0245. The van der Waals surface area contributed by atoms with Crippen LogP contribution in [0.5, 0.6) is 0 Å². The Labute approximate surface area is 123 Å². The summed E-state index contributed by atoms with van der Waals surface area (Å²) in [6.45, 7) is 3.69. The highest BCUT2D eigenvalue weighted by molar-refractivity contribution is 6.06. The fraction of sp³-hybridized carbons (Fsp3) is 0.400. The van der Waals surface area contributed by atoms with E-state index in [-0.39, 0.29) is 24.9 Å². The molecule has 0 aliphatic carbocycles. The molecule has 0 saturated carbocycles. The second-order valence-corrected chi connectivity index (χ2v) is 5.13. The van der Waals surface area contributed by atoms with E-state index in [1.807, 2.05) is 32.0 Å². The van der Waals surface area contributed by atoms with Crippen molar-refractivity contribution in [3.63, 3.8) is 0 Å². The number of likely N-dealkylation sites (N-methyl/N-ethyl adjacent to an activating group) is 1. The topological polar surface area (TPSA) is 69.7 Å². The van der Waals surface area contributed by atoms with Gasteiger partial charge >= 0.3 is 6.03 Å². The Morgan fingerprint density at radius 3 is 2.62 bits per heavy atom. The summed E-state index contributed by atoms with van der Waals surface area (Å²) in [6, 6.07) is 5.36. The first kappa shape index (κ1) is 15.0. The average molecular weight is 289 g/mol. The maximum atomic E-state index is 12.1. The number of para-hydroxylation sites is 1. The normalized spacial score (nSPS) is 14.8. The van der Waals surface area contributed by atoms with Gasteiger partial charge in [0.15, 0.2) is 0 Å². The summed E-state index contributed by atoms with van der Waals surface area (Å²) in [6.07, 6.45) is 0.793. The fourth-order valence-electron chi connectivity index (χ4n) is 2.35. The Balaban J connectivity index is 2.09. The predicted octanol–water partition coefficient (Wildman–Crippen LogP) is 1.39. The average Bonchev–Trinajstić information content (AvgIpc) is 2.67. The predicted molar refractivity (Wildman–Crippen MR) is 78.9 cm³/mol. The Morgan fingerprint density at radius 1 is 1.33 bits per heavy atom. The zero-order valence-electron chi connectivity index (χ0n) is 12.5. The van der Waals surface area contributed by atoms with Crippen molar-refractivity contribution < 1.29 is 14.4 Å². The number of hydrogen-bond acceptors (Lipinski definition) is 3. The molecule has 21 heavy (non-hydrogen) atoms. The summed E-state index contributed by atoms with van der Waals surface area (Å²) in [5.74, 6) is -0.714. The number of aryl methyl sites for hydroxylation is 2. The van der Waals surface area contributed by atoms with E-state index in [0.717, 1.165) is 28.1 Å². The summed E-state index contributed by atoms with van der Waals surface area (Å²) in [5.41, 5.74) is 2.75. The second-order valence-electron chi connectivity index (χ2n) is 5.13. The summed E-state index contributed by atoms with van der Waals surface area (Å²) in [5, 5.41) is 2.81. The van der Waals surface area contributed by atoms with Gasteiger partial charge in [0.1, 0.15) is 13.1 Å². The molecule has 1 saturated heterocycles. The zero-order valence-corrected chi connectivity index (χ0v) is 12.5. The van der Waals surface area contributed by atoms with Crippen molar-refractivity contribution in [3.8, 4) is 0 Å². The number of nitrogens with one attached hydrogen (secondary N) is 1. The van der Waals surface area contributed by atoms with E-state index >= 15 is 0 Å². The quantitative estimate of drug-likeness (QED) is 0.852. The number of urea groups is 1. The smallest absolute Gasteiger partial charge is 0.324 e. The van der Waals surface area contributed by atoms with Crippen LogP contribution in [0.4, 0.5) is 10.5 Å². The lowest BCUT2D eigenvalue weighted by Gasteiger charge is -2.16. The lowest BCUT2D eigenvalue weighted by molar-refractivity contribution is -0.129. The Kier molecular flexibility index (Phi) is 4.26. The molecule has 0 bridgehead atoms. The third-order valence-electron chi connectivity index (χ3n) is 3.54. The highest BCUT2D eigenvalue weighted by Gasteiger charge is 2.34. The molecule has 4 amide bonds. The Hall–Kier alpha value is -2.37. The molecular weight excluding hydrogens is 270 g/mol. The summed E-state index contributed by atoms with van der Waals surface area (Å²) < 4.78 is 0. The van der Waals surface area contributed by atoms with Gasteiger partial charge in [-0.15, -0.1) is 0 Å². The first-order valence-corrected chi connectivity index (χ1v) is 6.87. The molecule has 1 heterocycles. The molecule has 6 heteroatoms. The van der Waals surface area contributed by atoms with E-state index in [0.29, 0.717) is 0 Å². The largest absolute Gasteiger partial charge is 0.327 e. The molecule has 1 N–H and O–H groups in total. The van der Waals surface area contributed by atoms with Gasteiger partial charge in [-0.3, -0.25) is 14.5 Å². The van der Waals surface area contributed by atoms with Crippen LogP contribution in [0.1, 0.15) is 18.1 Å². The highest BCUT2D eigenvalue weighted by atomic mass is 16.2. The third-order valence-corrected chi connectivity index (χ3v) is 3.54. The zero-order chi connectivity index (χ0) is 15.6. The minimum Gasteiger partial charge on any atom is -0.324 e. The van der Waals surface area contributed by atoms with E-state index in [9.17, 15) is 14.4 Å². The van der Waals surface area contributed by atoms with Crippen LogP contribution < -0.4 is 5.32 Å². The van der Waals surface area contributed by atoms with Crippen LogP contribution >= 0.6 is 0 Å². The van der Waals surface area contributed by atoms with Gasteiger partial charge in [0.25, 0.3) is 5.91 Å².